The molecular formula is C21H27IN6S. The van der Waals surface area contributed by atoms with Gasteiger partial charge in [-0.25, -0.2) is 4.98 Å². The molecule has 0 saturated carbocycles. The second kappa shape index (κ2) is 10.6. The molecule has 0 bridgehead atoms. The number of nitrogens with one attached hydrogen (secondary N) is 1. The molecule has 3 heterocycles. The number of rotatable bonds is 5. The highest BCUT2D eigenvalue weighted by Crippen LogP contribution is 2.22. The van der Waals surface area contributed by atoms with Gasteiger partial charge in [-0.1, -0.05) is 24.3 Å². The fourth-order valence-electron chi connectivity index (χ4n) is 3.46. The van der Waals surface area contributed by atoms with Gasteiger partial charge < -0.3 is 19.7 Å². The fraction of sp³-hybridized carbons (Fsp3) is 0.333. The Morgan fingerprint density at radius 2 is 1.86 bits per heavy atom. The summed E-state index contributed by atoms with van der Waals surface area (Å²) >= 11 is 1.81. The van der Waals surface area contributed by atoms with Crippen LogP contribution < -0.4 is 10.2 Å². The Bertz CT molecular complexity index is 869. The SMILES string of the molecule is CN=C(NCc1ccc(Cn2ccnc2)cc1)N1CCN(c2cccs2)CC1.I. The Labute approximate surface area is 193 Å². The Morgan fingerprint density at radius 1 is 1.10 bits per heavy atom. The molecule has 8 heteroatoms. The van der Waals surface area contributed by atoms with Gasteiger partial charge in [0.05, 0.1) is 11.3 Å². The van der Waals surface area contributed by atoms with Gasteiger partial charge in [0.25, 0.3) is 0 Å². The van der Waals surface area contributed by atoms with Gasteiger partial charge in [0.2, 0.25) is 0 Å². The molecule has 3 aromatic rings. The molecule has 0 atom stereocenters. The first kappa shape index (κ1) is 21.6. The van der Waals surface area contributed by atoms with Crippen molar-refractivity contribution in [1.29, 1.82) is 0 Å². The van der Waals surface area contributed by atoms with Crippen LogP contribution in [0.2, 0.25) is 0 Å². The van der Waals surface area contributed by atoms with Gasteiger partial charge in [0, 0.05) is 58.7 Å². The largest absolute Gasteiger partial charge is 0.360 e. The molecule has 6 nitrogen and oxygen atoms in total. The zero-order valence-corrected chi connectivity index (χ0v) is 19.7. The summed E-state index contributed by atoms with van der Waals surface area (Å²) in [6, 6.07) is 13.0. The maximum absolute atomic E-state index is 4.49. The number of piperazine rings is 1. The van der Waals surface area contributed by atoms with Gasteiger partial charge in [-0.3, -0.25) is 4.99 Å². The van der Waals surface area contributed by atoms with Gasteiger partial charge >= 0.3 is 0 Å². The van der Waals surface area contributed by atoms with Crippen LogP contribution in [0.4, 0.5) is 5.00 Å². The lowest BCUT2D eigenvalue weighted by molar-refractivity contribution is 0.373. The summed E-state index contributed by atoms with van der Waals surface area (Å²) in [5.74, 6) is 0.980. The second-order valence-corrected chi connectivity index (χ2v) is 7.80. The minimum absolute atomic E-state index is 0. The average molecular weight is 522 g/mol. The Morgan fingerprint density at radius 3 is 2.48 bits per heavy atom. The standard InChI is InChI=1S/C21H26N6S.HI/c1-22-21(27-12-10-26(11-13-27)20-3-2-14-28-20)24-15-18-4-6-19(7-5-18)16-25-9-8-23-17-25;/h2-9,14,17H,10-13,15-16H2,1H3,(H,22,24);1H. The Kier molecular flexibility index (Phi) is 7.93. The summed E-state index contributed by atoms with van der Waals surface area (Å²) in [6.07, 6.45) is 5.64. The van der Waals surface area contributed by atoms with Crippen molar-refractivity contribution in [3.63, 3.8) is 0 Å². The quantitative estimate of drug-likeness (QED) is 0.317. The third-order valence-corrected chi connectivity index (χ3v) is 5.94. The molecule has 1 N–H and O–H groups in total. The van der Waals surface area contributed by atoms with E-state index in [0.29, 0.717) is 0 Å². The molecule has 1 aromatic carbocycles. The van der Waals surface area contributed by atoms with Crippen LogP contribution in [0, 0.1) is 0 Å². The van der Waals surface area contributed by atoms with Gasteiger partial charge in [-0.15, -0.1) is 35.3 Å². The van der Waals surface area contributed by atoms with Crippen molar-refractivity contribution in [3.05, 3.63) is 71.6 Å². The number of nitrogens with zero attached hydrogens (tertiary/aromatic N) is 5. The molecule has 0 spiro atoms. The van der Waals surface area contributed by atoms with Crippen LogP contribution in [0.15, 0.2) is 65.5 Å². The first-order valence-electron chi connectivity index (χ1n) is 9.59. The smallest absolute Gasteiger partial charge is 0.194 e. The van der Waals surface area contributed by atoms with Crippen LogP contribution in [0.1, 0.15) is 11.1 Å². The first-order valence-corrected chi connectivity index (χ1v) is 10.5. The van der Waals surface area contributed by atoms with Crippen molar-refractivity contribution in [3.8, 4) is 0 Å². The van der Waals surface area contributed by atoms with Gasteiger partial charge in [0.15, 0.2) is 5.96 Å². The summed E-state index contributed by atoms with van der Waals surface area (Å²) in [7, 11) is 1.86. The van der Waals surface area contributed by atoms with Crippen LogP contribution in [-0.4, -0.2) is 53.6 Å². The lowest BCUT2D eigenvalue weighted by Gasteiger charge is -2.37. The van der Waals surface area contributed by atoms with Crippen molar-refractivity contribution in [2.75, 3.05) is 38.1 Å². The summed E-state index contributed by atoms with van der Waals surface area (Å²) in [6.45, 7) is 5.67. The van der Waals surface area contributed by atoms with Crippen LogP contribution >= 0.6 is 35.3 Å². The van der Waals surface area contributed by atoms with Crippen LogP contribution in [0.5, 0.6) is 0 Å². The minimum Gasteiger partial charge on any atom is -0.360 e. The van der Waals surface area contributed by atoms with Gasteiger partial charge in [-0.2, -0.15) is 0 Å². The van der Waals surface area contributed by atoms with E-state index in [9.17, 15) is 0 Å². The monoisotopic (exact) mass is 522 g/mol. The zero-order chi connectivity index (χ0) is 19.2. The first-order chi connectivity index (χ1) is 13.8. The van der Waals surface area contributed by atoms with Crippen molar-refractivity contribution >= 4 is 46.3 Å². The molecule has 0 amide bonds. The van der Waals surface area contributed by atoms with Crippen molar-refractivity contribution in [2.24, 2.45) is 4.99 Å². The number of hydrogen-bond acceptors (Lipinski definition) is 4. The number of aliphatic imine (C=N–C) groups is 1. The van der Waals surface area contributed by atoms with E-state index in [-0.39, 0.29) is 24.0 Å². The maximum Gasteiger partial charge on any atom is 0.194 e. The molecule has 1 aliphatic heterocycles. The number of thiophene rings is 1. The number of hydrogen-bond donors (Lipinski definition) is 1. The fourth-order valence-corrected chi connectivity index (χ4v) is 4.24. The Balaban J connectivity index is 0.00000240. The van der Waals surface area contributed by atoms with E-state index in [1.165, 1.54) is 16.1 Å². The number of aromatic nitrogens is 2. The predicted molar refractivity (Wildman–Crippen MR) is 131 cm³/mol. The number of guanidine groups is 1. The molecule has 0 unspecified atom stereocenters. The third kappa shape index (κ3) is 5.72. The number of benzene rings is 1. The van der Waals surface area contributed by atoms with Crippen molar-refractivity contribution < 1.29 is 0 Å². The highest BCUT2D eigenvalue weighted by atomic mass is 127. The van der Waals surface area contributed by atoms with Gasteiger partial charge in [0.1, 0.15) is 0 Å². The topological polar surface area (TPSA) is 48.7 Å². The number of imidazole rings is 1. The summed E-state index contributed by atoms with van der Waals surface area (Å²) in [5, 5.41) is 7.02. The molecule has 4 rings (SSSR count). The van der Waals surface area contributed by atoms with Crippen LogP contribution in [-0.2, 0) is 13.1 Å². The summed E-state index contributed by atoms with van der Waals surface area (Å²) in [5.41, 5.74) is 2.53. The van der Waals surface area contributed by atoms with E-state index >= 15 is 0 Å². The predicted octanol–water partition coefficient (Wildman–Crippen LogP) is 3.51. The molecule has 1 saturated heterocycles. The maximum atomic E-state index is 4.49. The number of halogens is 1. The Hall–Kier alpha value is -2.07. The zero-order valence-electron chi connectivity index (χ0n) is 16.6. The van der Waals surface area contributed by atoms with Crippen LogP contribution in [0.25, 0.3) is 0 Å². The van der Waals surface area contributed by atoms with Crippen molar-refractivity contribution in [1.82, 2.24) is 19.8 Å². The summed E-state index contributed by atoms with van der Waals surface area (Å²) in [4.78, 5) is 13.4. The van der Waals surface area contributed by atoms with E-state index in [1.54, 1.807) is 0 Å². The lowest BCUT2D eigenvalue weighted by Crippen LogP contribution is -2.52. The van der Waals surface area contributed by atoms with Gasteiger partial charge in [-0.05, 0) is 28.6 Å². The van der Waals surface area contributed by atoms with Crippen LogP contribution in [0.3, 0.4) is 0 Å². The molecule has 1 fully saturated rings. The molecule has 2 aromatic heterocycles. The van der Waals surface area contributed by atoms with Crippen molar-refractivity contribution in [2.45, 2.75) is 13.1 Å². The minimum atomic E-state index is 0. The molecule has 154 valence electrons. The second-order valence-electron chi connectivity index (χ2n) is 6.88. The van der Waals surface area contributed by atoms with E-state index in [0.717, 1.165) is 45.2 Å². The summed E-state index contributed by atoms with van der Waals surface area (Å²) < 4.78 is 2.07. The molecular weight excluding hydrogens is 495 g/mol. The van der Waals surface area contributed by atoms with E-state index in [1.807, 2.05) is 37.1 Å². The van der Waals surface area contributed by atoms with E-state index in [2.05, 4.69) is 71.4 Å². The van der Waals surface area contributed by atoms with E-state index < -0.39 is 0 Å². The molecule has 0 aliphatic carbocycles. The third-order valence-electron chi connectivity index (χ3n) is 5.01. The van der Waals surface area contributed by atoms with E-state index in [4.69, 9.17) is 0 Å². The molecule has 29 heavy (non-hydrogen) atoms. The highest BCUT2D eigenvalue weighted by Gasteiger charge is 2.20. The molecule has 1 aliphatic rings. The average Bonchev–Trinajstić information content (AvgIpc) is 3.44. The normalized spacial score (nSPS) is 14.6. The highest BCUT2D eigenvalue weighted by molar-refractivity contribution is 14.0. The number of anilines is 1. The lowest BCUT2D eigenvalue weighted by atomic mass is 10.1. The molecule has 0 radical (unpaired) electrons.